The van der Waals surface area contributed by atoms with Crippen molar-refractivity contribution in [3.05, 3.63) is 59.7 Å². The number of benzene rings is 2. The van der Waals surface area contributed by atoms with Gasteiger partial charge in [-0.15, -0.1) is 0 Å². The molecule has 0 aliphatic heterocycles. The highest BCUT2D eigenvalue weighted by Gasteiger charge is 2.24. The van der Waals surface area contributed by atoms with Crippen LogP contribution in [0.5, 0.6) is 0 Å². The van der Waals surface area contributed by atoms with Gasteiger partial charge in [-0.1, -0.05) is 44.9 Å². The molecule has 2 aromatic carbocycles. The normalized spacial score (nSPS) is 14.4. The van der Waals surface area contributed by atoms with Gasteiger partial charge in [0.25, 0.3) is 11.8 Å². The van der Waals surface area contributed by atoms with Gasteiger partial charge in [0.15, 0.2) is 0 Å². The van der Waals surface area contributed by atoms with Crippen molar-refractivity contribution in [2.24, 2.45) is 0 Å². The van der Waals surface area contributed by atoms with Crippen molar-refractivity contribution in [1.29, 1.82) is 0 Å². The Kier molecular flexibility index (Phi) is 8.63. The summed E-state index contributed by atoms with van der Waals surface area (Å²) in [6.45, 7) is 4.72. The van der Waals surface area contributed by atoms with Gasteiger partial charge in [0.05, 0.1) is 16.1 Å². The van der Waals surface area contributed by atoms with Gasteiger partial charge >= 0.3 is 0 Å². The van der Waals surface area contributed by atoms with Crippen LogP contribution in [0, 0.1) is 0 Å². The molecule has 8 heteroatoms. The van der Waals surface area contributed by atoms with Crippen LogP contribution in [0.25, 0.3) is 0 Å². The summed E-state index contributed by atoms with van der Waals surface area (Å²) in [6.07, 6.45) is 5.56. The Morgan fingerprint density at radius 3 is 2.27 bits per heavy atom. The molecule has 1 aliphatic rings. The SMILES string of the molecule is CCCN(CCC)S(=O)(=O)c1cccc(C(=O)Nc2ccccc2C(=O)NC2CCCC2)c1. The van der Waals surface area contributed by atoms with Crippen LogP contribution >= 0.6 is 0 Å². The van der Waals surface area contributed by atoms with Crippen LogP contribution in [0.2, 0.25) is 0 Å². The molecule has 3 rings (SSSR count). The van der Waals surface area contributed by atoms with E-state index in [-0.39, 0.29) is 22.4 Å². The molecule has 1 aliphatic carbocycles. The number of carbonyl (C=O) groups excluding carboxylic acids is 2. The maximum atomic E-state index is 13.1. The Balaban J connectivity index is 1.80. The highest BCUT2D eigenvalue weighted by molar-refractivity contribution is 7.89. The molecule has 1 saturated carbocycles. The molecule has 0 bridgehead atoms. The van der Waals surface area contributed by atoms with Gasteiger partial charge in [-0.3, -0.25) is 9.59 Å². The molecule has 0 unspecified atom stereocenters. The van der Waals surface area contributed by atoms with Crippen LogP contribution in [-0.2, 0) is 10.0 Å². The number of carbonyl (C=O) groups is 2. The highest BCUT2D eigenvalue weighted by atomic mass is 32.2. The quantitative estimate of drug-likeness (QED) is 0.536. The van der Waals surface area contributed by atoms with Crippen molar-refractivity contribution in [1.82, 2.24) is 9.62 Å². The van der Waals surface area contributed by atoms with Gasteiger partial charge < -0.3 is 10.6 Å². The summed E-state index contributed by atoms with van der Waals surface area (Å²) in [6, 6.07) is 13.0. The van der Waals surface area contributed by atoms with Crippen molar-refractivity contribution in [2.75, 3.05) is 18.4 Å². The average molecular weight is 472 g/mol. The number of amides is 2. The average Bonchev–Trinajstić information content (AvgIpc) is 3.32. The minimum absolute atomic E-state index is 0.0873. The lowest BCUT2D eigenvalue weighted by molar-refractivity contribution is 0.0938. The third-order valence-corrected chi connectivity index (χ3v) is 7.68. The van der Waals surface area contributed by atoms with Crippen LogP contribution in [0.3, 0.4) is 0 Å². The first-order chi connectivity index (χ1) is 15.9. The third-order valence-electron chi connectivity index (χ3n) is 5.79. The molecule has 1 fully saturated rings. The molecule has 0 atom stereocenters. The van der Waals surface area contributed by atoms with E-state index < -0.39 is 15.9 Å². The predicted octanol–water partition coefficient (Wildman–Crippen LogP) is 4.42. The summed E-state index contributed by atoms with van der Waals surface area (Å²) < 4.78 is 27.6. The molecule has 2 amide bonds. The second-order valence-corrected chi connectivity index (χ2v) is 10.3. The van der Waals surface area contributed by atoms with E-state index in [2.05, 4.69) is 10.6 Å². The Hall–Kier alpha value is -2.71. The largest absolute Gasteiger partial charge is 0.349 e. The first-order valence-electron chi connectivity index (χ1n) is 11.7. The minimum Gasteiger partial charge on any atom is -0.349 e. The smallest absolute Gasteiger partial charge is 0.255 e. The first kappa shape index (κ1) is 24.9. The van der Waals surface area contributed by atoms with E-state index in [4.69, 9.17) is 0 Å². The number of rotatable bonds is 10. The van der Waals surface area contributed by atoms with Crippen LogP contribution < -0.4 is 10.6 Å². The maximum absolute atomic E-state index is 13.1. The predicted molar refractivity (Wildman–Crippen MR) is 130 cm³/mol. The molecule has 0 spiro atoms. The fourth-order valence-electron chi connectivity index (χ4n) is 4.12. The van der Waals surface area contributed by atoms with Crippen molar-refractivity contribution < 1.29 is 18.0 Å². The van der Waals surface area contributed by atoms with Crippen molar-refractivity contribution in [2.45, 2.75) is 63.3 Å². The van der Waals surface area contributed by atoms with E-state index >= 15 is 0 Å². The fraction of sp³-hybridized carbons (Fsp3) is 0.440. The fourth-order valence-corrected chi connectivity index (χ4v) is 5.79. The van der Waals surface area contributed by atoms with Crippen molar-refractivity contribution in [3.63, 3.8) is 0 Å². The summed E-state index contributed by atoms with van der Waals surface area (Å²) in [5.41, 5.74) is 0.999. The summed E-state index contributed by atoms with van der Waals surface area (Å²) in [5, 5.41) is 5.82. The second kappa shape index (κ2) is 11.4. The van der Waals surface area contributed by atoms with Gasteiger partial charge in [0.1, 0.15) is 0 Å². The van der Waals surface area contributed by atoms with Gasteiger partial charge in [0, 0.05) is 24.7 Å². The van der Waals surface area contributed by atoms with Gasteiger partial charge in [-0.05, 0) is 56.0 Å². The number of hydrogen-bond donors (Lipinski definition) is 2. The molecule has 2 aromatic rings. The maximum Gasteiger partial charge on any atom is 0.255 e. The van der Waals surface area contributed by atoms with Crippen LogP contribution in [0.1, 0.15) is 73.1 Å². The summed E-state index contributed by atoms with van der Waals surface area (Å²) in [4.78, 5) is 25.8. The number of anilines is 1. The zero-order chi connectivity index (χ0) is 23.8. The lowest BCUT2D eigenvalue weighted by Gasteiger charge is -2.21. The molecular formula is C25H33N3O4S. The summed E-state index contributed by atoms with van der Waals surface area (Å²) in [5.74, 6) is -0.686. The van der Waals surface area contributed by atoms with Gasteiger partial charge in [0.2, 0.25) is 10.0 Å². The molecule has 0 radical (unpaired) electrons. The number of hydrogen-bond acceptors (Lipinski definition) is 4. The molecular weight excluding hydrogens is 438 g/mol. The molecule has 7 nitrogen and oxygen atoms in total. The first-order valence-corrected chi connectivity index (χ1v) is 13.1. The van der Waals surface area contributed by atoms with E-state index in [0.717, 1.165) is 25.7 Å². The van der Waals surface area contributed by atoms with E-state index in [1.807, 2.05) is 13.8 Å². The van der Waals surface area contributed by atoms with E-state index in [1.54, 1.807) is 36.4 Å². The molecule has 0 aromatic heterocycles. The van der Waals surface area contributed by atoms with Crippen LogP contribution in [-0.4, -0.2) is 43.7 Å². The molecule has 33 heavy (non-hydrogen) atoms. The molecule has 0 saturated heterocycles. The standard InChI is InChI=1S/C25H33N3O4S/c1-3-16-28(17-4-2)33(31,32)21-13-9-10-19(18-21)24(29)27-23-15-8-7-14-22(23)25(30)26-20-11-5-6-12-20/h7-10,13-15,18,20H,3-6,11-12,16-17H2,1-2H3,(H,26,30)(H,27,29). The van der Waals surface area contributed by atoms with Crippen LogP contribution in [0.15, 0.2) is 53.4 Å². The lowest BCUT2D eigenvalue weighted by Crippen LogP contribution is -2.33. The third kappa shape index (κ3) is 6.21. The highest BCUT2D eigenvalue weighted by Crippen LogP contribution is 2.22. The van der Waals surface area contributed by atoms with Gasteiger partial charge in [-0.2, -0.15) is 4.31 Å². The lowest BCUT2D eigenvalue weighted by atomic mass is 10.1. The van der Waals surface area contributed by atoms with Crippen LogP contribution in [0.4, 0.5) is 5.69 Å². The van der Waals surface area contributed by atoms with E-state index in [9.17, 15) is 18.0 Å². The summed E-state index contributed by atoms with van der Waals surface area (Å²) >= 11 is 0. The molecule has 2 N–H and O–H groups in total. The van der Waals surface area contributed by atoms with Crippen molar-refractivity contribution in [3.8, 4) is 0 Å². The topological polar surface area (TPSA) is 95.6 Å². The number of nitrogens with one attached hydrogen (secondary N) is 2. The van der Waals surface area contributed by atoms with Crippen molar-refractivity contribution >= 4 is 27.5 Å². The van der Waals surface area contributed by atoms with E-state index in [0.29, 0.717) is 37.2 Å². The Morgan fingerprint density at radius 1 is 0.939 bits per heavy atom. The number of sulfonamides is 1. The summed E-state index contributed by atoms with van der Waals surface area (Å²) in [7, 11) is -3.70. The molecule has 0 heterocycles. The minimum atomic E-state index is -3.70. The Morgan fingerprint density at radius 2 is 1.61 bits per heavy atom. The van der Waals surface area contributed by atoms with E-state index in [1.165, 1.54) is 16.4 Å². The Labute approximate surface area is 196 Å². The second-order valence-electron chi connectivity index (χ2n) is 8.39. The zero-order valence-corrected chi connectivity index (χ0v) is 20.2. The van der Waals surface area contributed by atoms with Gasteiger partial charge in [-0.25, -0.2) is 8.42 Å². The zero-order valence-electron chi connectivity index (χ0n) is 19.3. The number of nitrogens with zero attached hydrogens (tertiary/aromatic N) is 1. The monoisotopic (exact) mass is 471 g/mol. The number of para-hydroxylation sites is 1. The Bertz CT molecular complexity index is 1070. The molecule has 178 valence electrons.